The van der Waals surface area contributed by atoms with Gasteiger partial charge in [0, 0.05) is 44.3 Å². The van der Waals surface area contributed by atoms with Gasteiger partial charge in [-0.1, -0.05) is 45.9 Å². The molecule has 0 spiro atoms. The number of fused-ring (bicyclic) bond motifs is 2. The molecule has 4 N–H and O–H groups in total. The maximum Gasteiger partial charge on any atom is 0.407 e. The topological polar surface area (TPSA) is 231 Å². The van der Waals surface area contributed by atoms with Gasteiger partial charge in [-0.2, -0.15) is 0 Å². The number of ketones is 1. The normalized spacial score (nSPS) is 28.9. The number of Topliss-reactive ketones (excluding diaryl/α,β-unsaturated/α-hetero) is 1. The number of allylic oxidation sites excluding steroid dienone is 1. The summed E-state index contributed by atoms with van der Waals surface area (Å²) in [4.78, 5) is 81.6. The summed E-state index contributed by atoms with van der Waals surface area (Å²) in [5.41, 5.74) is -6.73. The van der Waals surface area contributed by atoms with E-state index in [4.69, 9.17) is 28.4 Å². The molecule has 1 aliphatic heterocycles. The van der Waals surface area contributed by atoms with E-state index in [9.17, 15) is 44.1 Å². The number of aliphatic hydroxyl groups excluding tert-OH is 2. The lowest BCUT2D eigenvalue weighted by molar-refractivity contribution is -0.295. The largest absolute Gasteiger partial charge is 0.456 e. The van der Waals surface area contributed by atoms with Crippen LogP contribution in [-0.2, 0) is 47.6 Å². The molecule has 16 nitrogen and oxygen atoms in total. The minimum Gasteiger partial charge on any atom is -0.456 e. The number of esters is 4. The first-order valence-electron chi connectivity index (χ1n) is 19.7. The number of carbonyl (C=O) groups excluding carboxylic acids is 6. The van der Waals surface area contributed by atoms with Crippen molar-refractivity contribution in [3.63, 3.8) is 0 Å². The predicted molar refractivity (Wildman–Crippen MR) is 209 cm³/mol. The number of alkyl carbamates (subject to hydrolysis) is 1. The first kappa shape index (κ1) is 47.0. The molecule has 4 rings (SSSR count). The molecule has 2 bridgehead atoms. The van der Waals surface area contributed by atoms with Crippen LogP contribution in [0.3, 0.4) is 0 Å². The molecule has 0 aromatic heterocycles. The number of hydrogen-bond donors (Lipinski definition) is 4. The van der Waals surface area contributed by atoms with Gasteiger partial charge in [0.25, 0.3) is 0 Å². The Hall–Kier alpha value is -4.64. The van der Waals surface area contributed by atoms with Crippen molar-refractivity contribution in [2.75, 3.05) is 13.2 Å². The van der Waals surface area contributed by atoms with Crippen LogP contribution in [-0.4, -0.2) is 112 Å². The van der Waals surface area contributed by atoms with Crippen LogP contribution in [0.15, 0.2) is 52.8 Å². The Bertz CT molecular complexity index is 1860. The van der Waals surface area contributed by atoms with Crippen LogP contribution in [0.5, 0.6) is 0 Å². The van der Waals surface area contributed by atoms with Crippen molar-refractivity contribution in [1.82, 2.24) is 5.32 Å². The summed E-state index contributed by atoms with van der Waals surface area (Å²) in [6, 6.07) is 6.66. The lowest BCUT2D eigenvalue weighted by Gasteiger charge is -2.60. The summed E-state index contributed by atoms with van der Waals surface area (Å²) >= 11 is 0. The van der Waals surface area contributed by atoms with Gasteiger partial charge in [0.05, 0.1) is 24.1 Å². The average molecular weight is 830 g/mol. The van der Waals surface area contributed by atoms with E-state index in [0.717, 1.165) is 13.8 Å². The zero-order valence-corrected chi connectivity index (χ0v) is 35.7. The fourth-order valence-electron chi connectivity index (χ4n) is 8.51. The van der Waals surface area contributed by atoms with Crippen LogP contribution >= 0.6 is 0 Å². The molecule has 1 heterocycles. The Morgan fingerprint density at radius 3 is 2.12 bits per heavy atom. The molecule has 16 heteroatoms. The van der Waals surface area contributed by atoms with Crippen LogP contribution in [0.1, 0.15) is 106 Å². The number of carbonyl (C=O) groups is 6. The Kier molecular flexibility index (Phi) is 14.3. The van der Waals surface area contributed by atoms with Crippen molar-refractivity contribution < 1.29 is 72.5 Å². The van der Waals surface area contributed by atoms with Gasteiger partial charge in [0.1, 0.15) is 29.5 Å². The molecule has 59 heavy (non-hydrogen) atoms. The number of nitrogens with one attached hydrogen (secondary N) is 1. The van der Waals surface area contributed by atoms with E-state index >= 15 is 0 Å². The van der Waals surface area contributed by atoms with Gasteiger partial charge in [0.15, 0.2) is 17.5 Å². The van der Waals surface area contributed by atoms with Crippen LogP contribution in [0, 0.1) is 17.3 Å². The van der Waals surface area contributed by atoms with E-state index in [1.54, 1.807) is 39.0 Å². The monoisotopic (exact) mass is 829 g/mol. The maximum atomic E-state index is 15.0. The molecule has 0 saturated carbocycles. The summed E-state index contributed by atoms with van der Waals surface area (Å²) in [6.45, 7) is 16.0. The summed E-state index contributed by atoms with van der Waals surface area (Å²) in [7, 11) is 0. The summed E-state index contributed by atoms with van der Waals surface area (Å²) in [6.07, 6.45) is -7.65. The molecule has 3 aliphatic rings. The quantitative estimate of drug-likeness (QED) is 0.163. The van der Waals surface area contributed by atoms with Gasteiger partial charge < -0.3 is 49.1 Å². The van der Waals surface area contributed by atoms with Gasteiger partial charge >= 0.3 is 30.0 Å². The number of hydrogen-bond acceptors (Lipinski definition) is 15. The smallest absolute Gasteiger partial charge is 0.407 e. The van der Waals surface area contributed by atoms with Gasteiger partial charge in [-0.25, -0.2) is 14.4 Å². The lowest BCUT2D eigenvalue weighted by Crippen LogP contribution is -2.73. The summed E-state index contributed by atoms with van der Waals surface area (Å²) < 4.78 is 35.2. The standard InChI is InChI=1S/C43H59NO15/c1-22(2)19-28(44-39(52)59-40(7,8)9)33(48)38(51)56-29-20-43(53)36(57-37(50)27-15-13-12-14-16-27)32(42(58-26(6)47)21-54-30(42)17-18-45)24(4)35(55-25(5)46)34(49)31(23(29)3)41(43,10)11/h12-16,22,28-30,32-33,36,45,48,53H,17-21H2,1-11H3,(H,44,52)/b35-24+/t28-,29-,30+,32+,33+,36-,42-,43+/m0/s1. The number of amides is 1. The molecule has 1 amide bonds. The van der Waals surface area contributed by atoms with E-state index in [-0.39, 0.29) is 47.6 Å². The number of benzene rings is 1. The molecule has 1 saturated heterocycles. The van der Waals surface area contributed by atoms with E-state index in [1.165, 1.54) is 39.8 Å². The summed E-state index contributed by atoms with van der Waals surface area (Å²) in [5.74, 6) is -6.83. The zero-order chi connectivity index (χ0) is 44.4. The molecule has 0 unspecified atom stereocenters. The minimum atomic E-state index is -2.37. The van der Waals surface area contributed by atoms with Crippen molar-refractivity contribution in [2.45, 2.75) is 143 Å². The Morgan fingerprint density at radius 2 is 1.61 bits per heavy atom. The van der Waals surface area contributed by atoms with Crippen molar-refractivity contribution in [3.8, 4) is 0 Å². The molecule has 8 atom stereocenters. The second-order valence-corrected chi connectivity index (χ2v) is 17.5. The highest BCUT2D eigenvalue weighted by atomic mass is 16.6. The first-order chi connectivity index (χ1) is 27.3. The van der Waals surface area contributed by atoms with E-state index in [1.807, 2.05) is 13.8 Å². The van der Waals surface area contributed by atoms with Crippen LogP contribution in [0.2, 0.25) is 0 Å². The second kappa shape index (κ2) is 17.9. The van der Waals surface area contributed by atoms with Crippen LogP contribution in [0.4, 0.5) is 4.79 Å². The van der Waals surface area contributed by atoms with Gasteiger partial charge in [-0.3, -0.25) is 14.4 Å². The molecule has 1 aromatic carbocycles. The van der Waals surface area contributed by atoms with Crippen molar-refractivity contribution >= 4 is 35.8 Å². The molecule has 1 aromatic rings. The fraction of sp³-hybridized carbons (Fsp3) is 0.628. The third-order valence-electron chi connectivity index (χ3n) is 11.2. The zero-order valence-electron chi connectivity index (χ0n) is 35.7. The SMILES string of the molecule is CC(=O)O/C1=C(\C)[C@@H]([C@]2(OC(C)=O)CO[C@@H]2CCO)[C@H](OC(=O)c2ccccc2)[C@]2(O)C[C@H](OC(=O)[C@H](O)[C@H](CC(C)C)NC(=O)OC(C)(C)C)C(C)=C(C1=O)C2(C)C. The van der Waals surface area contributed by atoms with Gasteiger partial charge in [0.2, 0.25) is 5.78 Å². The molecule has 326 valence electrons. The first-order valence-corrected chi connectivity index (χ1v) is 19.7. The number of rotatable bonds is 13. The van der Waals surface area contributed by atoms with E-state index in [0.29, 0.717) is 0 Å². The average Bonchev–Trinajstić information content (AvgIpc) is 3.11. The third-order valence-corrected chi connectivity index (χ3v) is 11.2. The van der Waals surface area contributed by atoms with E-state index < -0.39 is 113 Å². The fourth-order valence-corrected chi connectivity index (χ4v) is 8.51. The van der Waals surface area contributed by atoms with Crippen molar-refractivity contribution in [2.24, 2.45) is 17.3 Å². The highest BCUT2D eigenvalue weighted by molar-refractivity contribution is 6.10. The Morgan fingerprint density at radius 1 is 0.983 bits per heavy atom. The Balaban J connectivity index is 1.98. The predicted octanol–water partition coefficient (Wildman–Crippen LogP) is 4.02. The van der Waals surface area contributed by atoms with Crippen molar-refractivity contribution in [3.05, 3.63) is 58.4 Å². The van der Waals surface area contributed by atoms with Gasteiger partial charge in [-0.05, 0) is 70.2 Å². The third kappa shape index (κ3) is 9.72. The second-order valence-electron chi connectivity index (χ2n) is 17.5. The number of aliphatic hydroxyl groups is 3. The minimum absolute atomic E-state index is 0.0293. The lowest BCUT2D eigenvalue weighted by atomic mass is 9.53. The maximum absolute atomic E-state index is 15.0. The van der Waals surface area contributed by atoms with Gasteiger partial charge in [-0.15, -0.1) is 0 Å². The Labute approximate surface area is 344 Å². The molecular weight excluding hydrogens is 770 g/mol. The molecular formula is C43H59NO15. The molecule has 0 radical (unpaired) electrons. The van der Waals surface area contributed by atoms with Crippen molar-refractivity contribution in [1.29, 1.82) is 0 Å². The number of ether oxygens (including phenoxy) is 6. The molecule has 2 aliphatic carbocycles. The highest BCUT2D eigenvalue weighted by Crippen LogP contribution is 2.58. The van der Waals surface area contributed by atoms with Crippen LogP contribution < -0.4 is 5.32 Å². The highest BCUT2D eigenvalue weighted by Gasteiger charge is 2.70. The van der Waals surface area contributed by atoms with E-state index in [2.05, 4.69) is 5.32 Å². The summed E-state index contributed by atoms with van der Waals surface area (Å²) in [5, 5.41) is 37.5. The molecule has 1 fully saturated rings. The van der Waals surface area contributed by atoms with Crippen LogP contribution in [0.25, 0.3) is 0 Å².